The minimum absolute atomic E-state index is 0.578. The lowest BCUT2D eigenvalue weighted by molar-refractivity contribution is 0.267. The summed E-state index contributed by atoms with van der Waals surface area (Å²) in [4.78, 5) is 2.41. The van der Waals surface area contributed by atoms with Gasteiger partial charge in [0.25, 0.3) is 0 Å². The highest BCUT2D eigenvalue weighted by atomic mass is 15.1. The summed E-state index contributed by atoms with van der Waals surface area (Å²) in [7, 11) is 2.21. The number of aryl methyl sites for hydroxylation is 1. The number of fused-ring (bicyclic) bond motifs is 1. The van der Waals surface area contributed by atoms with Gasteiger partial charge < -0.3 is 10.2 Å². The lowest BCUT2D eigenvalue weighted by atomic mass is 9.88. The number of rotatable bonds is 6. The molecule has 106 valence electrons. The second-order valence-corrected chi connectivity index (χ2v) is 6.03. The Morgan fingerprint density at radius 1 is 1.32 bits per heavy atom. The van der Waals surface area contributed by atoms with E-state index in [1.807, 2.05) is 0 Å². The Balaban J connectivity index is 1.78. The summed E-state index contributed by atoms with van der Waals surface area (Å²) >= 11 is 0. The molecule has 0 aromatic heterocycles. The van der Waals surface area contributed by atoms with Gasteiger partial charge in [0.2, 0.25) is 0 Å². The number of nitrogens with one attached hydrogen (secondary N) is 1. The summed E-state index contributed by atoms with van der Waals surface area (Å²) in [5.41, 5.74) is 3.08. The molecule has 0 amide bonds. The quantitative estimate of drug-likeness (QED) is 0.789. The maximum Gasteiger partial charge on any atom is 0.0323 e. The molecule has 2 nitrogen and oxygen atoms in total. The molecule has 1 unspecified atom stereocenters. The largest absolute Gasteiger partial charge is 0.310 e. The molecule has 1 aromatic carbocycles. The van der Waals surface area contributed by atoms with Crippen LogP contribution in [0.4, 0.5) is 0 Å². The fourth-order valence-electron chi connectivity index (χ4n) is 2.83. The van der Waals surface area contributed by atoms with E-state index in [1.165, 1.54) is 37.8 Å². The van der Waals surface area contributed by atoms with Crippen molar-refractivity contribution in [2.24, 2.45) is 0 Å². The lowest BCUT2D eigenvalue weighted by Gasteiger charge is -2.27. The fraction of sp³-hybridized carbons (Fsp3) is 0.647. The number of hydrogen-bond acceptors (Lipinski definition) is 2. The van der Waals surface area contributed by atoms with Crippen LogP contribution in [0.15, 0.2) is 24.3 Å². The molecule has 0 aliphatic heterocycles. The van der Waals surface area contributed by atoms with Crippen molar-refractivity contribution in [1.29, 1.82) is 0 Å². The molecule has 0 heterocycles. The van der Waals surface area contributed by atoms with Crippen LogP contribution in [0.5, 0.6) is 0 Å². The summed E-state index contributed by atoms with van der Waals surface area (Å²) in [5, 5.41) is 3.75. The Kier molecular flexibility index (Phi) is 5.41. The van der Waals surface area contributed by atoms with Crippen molar-refractivity contribution in [3.63, 3.8) is 0 Å². The van der Waals surface area contributed by atoms with Gasteiger partial charge in [-0.15, -0.1) is 0 Å². The highest BCUT2D eigenvalue weighted by Crippen LogP contribution is 2.29. The first-order valence-corrected chi connectivity index (χ1v) is 7.70. The standard InChI is InChI=1S/C17H28N2/c1-14(2)19(3)13-7-12-18-17-11-6-9-15-8-4-5-10-16(15)17/h4-5,8,10,14,17-18H,6-7,9,11-13H2,1-3H3. The molecule has 0 saturated carbocycles. The van der Waals surface area contributed by atoms with Gasteiger partial charge in [-0.3, -0.25) is 0 Å². The number of benzene rings is 1. The van der Waals surface area contributed by atoms with E-state index in [0.717, 1.165) is 6.54 Å². The molecule has 0 radical (unpaired) electrons. The van der Waals surface area contributed by atoms with E-state index >= 15 is 0 Å². The van der Waals surface area contributed by atoms with Crippen molar-refractivity contribution in [3.8, 4) is 0 Å². The van der Waals surface area contributed by atoms with Gasteiger partial charge in [0.15, 0.2) is 0 Å². The predicted octanol–water partition coefficient (Wildman–Crippen LogP) is 3.38. The van der Waals surface area contributed by atoms with Crippen LogP contribution in [0, 0.1) is 0 Å². The molecule has 1 N–H and O–H groups in total. The fourth-order valence-corrected chi connectivity index (χ4v) is 2.83. The molecule has 0 saturated heterocycles. The third-order valence-corrected chi connectivity index (χ3v) is 4.33. The Hall–Kier alpha value is -0.860. The first-order chi connectivity index (χ1) is 9.18. The molecular weight excluding hydrogens is 232 g/mol. The minimum Gasteiger partial charge on any atom is -0.310 e. The van der Waals surface area contributed by atoms with Gasteiger partial charge in [0.05, 0.1) is 0 Å². The van der Waals surface area contributed by atoms with Gasteiger partial charge in [-0.1, -0.05) is 24.3 Å². The van der Waals surface area contributed by atoms with Gasteiger partial charge >= 0.3 is 0 Å². The first-order valence-electron chi connectivity index (χ1n) is 7.70. The van der Waals surface area contributed by atoms with E-state index in [-0.39, 0.29) is 0 Å². The summed E-state index contributed by atoms with van der Waals surface area (Å²) in [6.45, 7) is 6.81. The van der Waals surface area contributed by atoms with E-state index in [9.17, 15) is 0 Å². The maximum absolute atomic E-state index is 3.75. The zero-order chi connectivity index (χ0) is 13.7. The van der Waals surface area contributed by atoms with Crippen LogP contribution in [0.1, 0.15) is 50.3 Å². The van der Waals surface area contributed by atoms with E-state index in [1.54, 1.807) is 5.56 Å². The second kappa shape index (κ2) is 7.06. The third kappa shape index (κ3) is 4.05. The van der Waals surface area contributed by atoms with Crippen LogP contribution in [-0.2, 0) is 6.42 Å². The summed E-state index contributed by atoms with van der Waals surface area (Å²) in [6, 6.07) is 10.1. The molecule has 0 fully saturated rings. The Morgan fingerprint density at radius 2 is 2.11 bits per heavy atom. The van der Waals surface area contributed by atoms with Crippen molar-refractivity contribution < 1.29 is 0 Å². The smallest absolute Gasteiger partial charge is 0.0323 e. The highest BCUT2D eigenvalue weighted by Gasteiger charge is 2.18. The monoisotopic (exact) mass is 260 g/mol. The van der Waals surface area contributed by atoms with Crippen LogP contribution in [0.25, 0.3) is 0 Å². The van der Waals surface area contributed by atoms with Gasteiger partial charge in [-0.05, 0) is 70.8 Å². The molecule has 0 bridgehead atoms. The normalized spacial score (nSPS) is 18.9. The average Bonchev–Trinajstić information content (AvgIpc) is 2.43. The van der Waals surface area contributed by atoms with Crippen LogP contribution in [-0.4, -0.2) is 31.1 Å². The van der Waals surface area contributed by atoms with Crippen molar-refractivity contribution in [2.45, 2.75) is 51.6 Å². The van der Waals surface area contributed by atoms with Crippen molar-refractivity contribution in [3.05, 3.63) is 35.4 Å². The highest BCUT2D eigenvalue weighted by molar-refractivity contribution is 5.32. The topological polar surface area (TPSA) is 15.3 Å². The van der Waals surface area contributed by atoms with Crippen molar-refractivity contribution >= 4 is 0 Å². The maximum atomic E-state index is 3.75. The Labute approximate surface area is 118 Å². The minimum atomic E-state index is 0.578. The van der Waals surface area contributed by atoms with Crippen LogP contribution in [0.2, 0.25) is 0 Å². The molecule has 1 aliphatic carbocycles. The van der Waals surface area contributed by atoms with Gasteiger partial charge in [-0.2, -0.15) is 0 Å². The van der Waals surface area contributed by atoms with Gasteiger partial charge in [0.1, 0.15) is 0 Å². The van der Waals surface area contributed by atoms with Crippen LogP contribution >= 0.6 is 0 Å². The molecule has 1 aromatic rings. The molecule has 19 heavy (non-hydrogen) atoms. The molecule has 2 rings (SSSR count). The summed E-state index contributed by atoms with van der Waals surface area (Å²) < 4.78 is 0. The SMILES string of the molecule is CC(C)N(C)CCCNC1CCCc2ccccc21. The van der Waals surface area contributed by atoms with E-state index in [4.69, 9.17) is 0 Å². The summed E-state index contributed by atoms with van der Waals surface area (Å²) in [6.07, 6.45) is 5.09. The number of nitrogens with zero attached hydrogens (tertiary/aromatic N) is 1. The summed E-state index contributed by atoms with van der Waals surface area (Å²) in [5.74, 6) is 0. The zero-order valence-corrected chi connectivity index (χ0v) is 12.7. The van der Waals surface area contributed by atoms with E-state index < -0.39 is 0 Å². The molecule has 1 aliphatic rings. The van der Waals surface area contributed by atoms with Crippen molar-refractivity contribution in [2.75, 3.05) is 20.1 Å². The Morgan fingerprint density at radius 3 is 2.89 bits per heavy atom. The van der Waals surface area contributed by atoms with Gasteiger partial charge in [-0.25, -0.2) is 0 Å². The Bertz CT molecular complexity index is 387. The van der Waals surface area contributed by atoms with Crippen molar-refractivity contribution in [1.82, 2.24) is 10.2 Å². The predicted molar refractivity (Wildman–Crippen MR) is 82.5 cm³/mol. The average molecular weight is 260 g/mol. The van der Waals surface area contributed by atoms with Crippen LogP contribution < -0.4 is 5.32 Å². The second-order valence-electron chi connectivity index (χ2n) is 6.03. The molecule has 1 atom stereocenters. The zero-order valence-electron chi connectivity index (χ0n) is 12.7. The molecular formula is C17H28N2. The molecule has 0 spiro atoms. The molecule has 2 heteroatoms. The lowest BCUT2D eigenvalue weighted by Crippen LogP contribution is -2.31. The van der Waals surface area contributed by atoms with E-state index in [0.29, 0.717) is 12.1 Å². The van der Waals surface area contributed by atoms with Gasteiger partial charge in [0, 0.05) is 12.1 Å². The van der Waals surface area contributed by atoms with Crippen LogP contribution in [0.3, 0.4) is 0 Å². The third-order valence-electron chi connectivity index (χ3n) is 4.33. The van der Waals surface area contributed by atoms with E-state index in [2.05, 4.69) is 55.4 Å². The number of hydrogen-bond donors (Lipinski definition) is 1. The first kappa shape index (κ1) is 14.5.